The third-order valence-electron chi connectivity index (χ3n) is 3.33. The molecule has 1 unspecified atom stereocenters. The van der Waals surface area contributed by atoms with Gasteiger partial charge in [0.05, 0.1) is 0 Å². The molecule has 0 aromatic heterocycles. The van der Waals surface area contributed by atoms with Crippen LogP contribution in [0.2, 0.25) is 5.02 Å². The molecule has 1 fully saturated rings. The van der Waals surface area contributed by atoms with E-state index in [1.165, 1.54) is 12.8 Å². The van der Waals surface area contributed by atoms with Crippen molar-refractivity contribution in [1.82, 2.24) is 10.2 Å². The van der Waals surface area contributed by atoms with Crippen LogP contribution in [0.1, 0.15) is 19.3 Å². The molecule has 0 aliphatic carbocycles. The second-order valence-electron chi connectivity index (χ2n) is 4.97. The van der Waals surface area contributed by atoms with Gasteiger partial charge in [0.15, 0.2) is 0 Å². The van der Waals surface area contributed by atoms with Gasteiger partial charge in [0.25, 0.3) is 0 Å². The van der Waals surface area contributed by atoms with E-state index in [1.54, 1.807) is 17.0 Å². The van der Waals surface area contributed by atoms with Gasteiger partial charge in [-0.25, -0.2) is 4.79 Å². The number of halogens is 1. The number of nitrogens with one attached hydrogen (secondary N) is 2. The summed E-state index contributed by atoms with van der Waals surface area (Å²) in [6.45, 7) is 1.78. The lowest BCUT2D eigenvalue weighted by Gasteiger charge is -2.28. The number of hydrogen-bond acceptors (Lipinski definition) is 2. The molecule has 5 heteroatoms. The second kappa shape index (κ2) is 6.78. The van der Waals surface area contributed by atoms with Gasteiger partial charge in [0.2, 0.25) is 0 Å². The Morgan fingerprint density at radius 1 is 1.53 bits per heavy atom. The van der Waals surface area contributed by atoms with Gasteiger partial charge in [-0.1, -0.05) is 24.1 Å². The summed E-state index contributed by atoms with van der Waals surface area (Å²) in [4.78, 5) is 13.8. The van der Waals surface area contributed by atoms with E-state index in [4.69, 9.17) is 11.6 Å². The molecule has 1 saturated heterocycles. The summed E-state index contributed by atoms with van der Waals surface area (Å²) in [5, 5.41) is 6.90. The third-order valence-corrected chi connectivity index (χ3v) is 3.56. The quantitative estimate of drug-likeness (QED) is 0.895. The van der Waals surface area contributed by atoms with E-state index < -0.39 is 0 Å². The van der Waals surface area contributed by atoms with Crippen LogP contribution in [0.15, 0.2) is 24.3 Å². The number of likely N-dealkylation sites (N-methyl/N-ethyl adjacent to an activating group) is 1. The van der Waals surface area contributed by atoms with E-state index in [0.29, 0.717) is 11.1 Å². The van der Waals surface area contributed by atoms with Crippen molar-refractivity contribution in [3.05, 3.63) is 29.3 Å². The molecule has 2 rings (SSSR count). The van der Waals surface area contributed by atoms with Crippen molar-refractivity contribution in [2.45, 2.75) is 25.3 Å². The maximum absolute atomic E-state index is 12.0. The first-order valence-corrected chi connectivity index (χ1v) is 7.04. The number of anilines is 1. The van der Waals surface area contributed by atoms with Gasteiger partial charge >= 0.3 is 6.03 Å². The van der Waals surface area contributed by atoms with Crippen molar-refractivity contribution < 1.29 is 4.79 Å². The Morgan fingerprint density at radius 2 is 2.37 bits per heavy atom. The summed E-state index contributed by atoms with van der Waals surface area (Å²) >= 11 is 5.89. The minimum absolute atomic E-state index is 0.102. The van der Waals surface area contributed by atoms with Crippen LogP contribution in [0.3, 0.4) is 0 Å². The van der Waals surface area contributed by atoms with E-state index in [1.807, 2.05) is 19.2 Å². The minimum Gasteiger partial charge on any atom is -0.326 e. The Hall–Kier alpha value is -1.26. The van der Waals surface area contributed by atoms with E-state index in [-0.39, 0.29) is 6.03 Å². The monoisotopic (exact) mass is 281 g/mol. The molecule has 1 atom stereocenters. The van der Waals surface area contributed by atoms with Crippen LogP contribution < -0.4 is 10.6 Å². The lowest BCUT2D eigenvalue weighted by Crippen LogP contribution is -2.45. The minimum atomic E-state index is -0.102. The molecule has 2 N–H and O–H groups in total. The van der Waals surface area contributed by atoms with Crippen LogP contribution in [-0.4, -0.2) is 37.1 Å². The van der Waals surface area contributed by atoms with Crippen molar-refractivity contribution in [2.75, 3.05) is 25.5 Å². The fourth-order valence-electron chi connectivity index (χ4n) is 2.28. The molecule has 1 aliphatic heterocycles. The number of benzene rings is 1. The van der Waals surface area contributed by atoms with Crippen molar-refractivity contribution in [1.29, 1.82) is 0 Å². The summed E-state index contributed by atoms with van der Waals surface area (Å²) in [6, 6.07) is 7.48. The topological polar surface area (TPSA) is 44.4 Å². The first-order chi connectivity index (χ1) is 9.15. The number of amides is 2. The normalized spacial score (nSPS) is 18.9. The predicted octanol–water partition coefficient (Wildman–Crippen LogP) is 2.95. The molecule has 0 bridgehead atoms. The molecular weight excluding hydrogens is 262 g/mol. The predicted molar refractivity (Wildman–Crippen MR) is 78.7 cm³/mol. The van der Waals surface area contributed by atoms with E-state index in [0.717, 1.165) is 25.2 Å². The highest BCUT2D eigenvalue weighted by molar-refractivity contribution is 6.30. The maximum Gasteiger partial charge on any atom is 0.321 e. The standard InChI is InChI=1S/C14H20ClN3O/c1-18(10-13-6-2-3-8-16-13)14(19)17-12-7-4-5-11(15)9-12/h4-5,7,9,13,16H,2-3,6,8,10H2,1H3,(H,17,19). The van der Waals surface area contributed by atoms with Gasteiger partial charge in [0.1, 0.15) is 0 Å². The number of urea groups is 1. The number of piperidine rings is 1. The zero-order valence-electron chi connectivity index (χ0n) is 11.2. The molecule has 19 heavy (non-hydrogen) atoms. The average Bonchev–Trinajstić information content (AvgIpc) is 2.40. The summed E-state index contributed by atoms with van der Waals surface area (Å²) in [7, 11) is 1.82. The van der Waals surface area contributed by atoms with Gasteiger partial charge in [0, 0.05) is 30.3 Å². The third kappa shape index (κ3) is 4.40. The number of rotatable bonds is 3. The van der Waals surface area contributed by atoms with Gasteiger partial charge in [-0.3, -0.25) is 0 Å². The van der Waals surface area contributed by atoms with Crippen molar-refractivity contribution in [3.63, 3.8) is 0 Å². The Bertz CT molecular complexity index is 432. The van der Waals surface area contributed by atoms with Crippen molar-refractivity contribution in [3.8, 4) is 0 Å². The van der Waals surface area contributed by atoms with Crippen LogP contribution >= 0.6 is 11.6 Å². The number of nitrogens with zero attached hydrogens (tertiary/aromatic N) is 1. The van der Waals surface area contributed by atoms with E-state index in [2.05, 4.69) is 10.6 Å². The first kappa shape index (κ1) is 14.2. The van der Waals surface area contributed by atoms with Crippen molar-refractivity contribution in [2.24, 2.45) is 0 Å². The summed E-state index contributed by atoms with van der Waals surface area (Å²) in [5.41, 5.74) is 0.723. The fourth-order valence-corrected chi connectivity index (χ4v) is 2.47. The van der Waals surface area contributed by atoms with Crippen molar-refractivity contribution >= 4 is 23.3 Å². The largest absolute Gasteiger partial charge is 0.326 e. The molecule has 4 nitrogen and oxygen atoms in total. The van der Waals surface area contributed by atoms with Gasteiger partial charge in [-0.15, -0.1) is 0 Å². The fraction of sp³-hybridized carbons (Fsp3) is 0.500. The molecule has 1 heterocycles. The van der Waals surface area contributed by atoms with Gasteiger partial charge < -0.3 is 15.5 Å². The Balaban J connectivity index is 1.84. The Morgan fingerprint density at radius 3 is 3.05 bits per heavy atom. The van der Waals surface area contributed by atoms with E-state index in [9.17, 15) is 4.79 Å². The van der Waals surface area contributed by atoms with Crippen LogP contribution in [0.4, 0.5) is 10.5 Å². The highest BCUT2D eigenvalue weighted by Gasteiger charge is 2.17. The molecule has 2 amide bonds. The molecule has 1 aromatic carbocycles. The molecule has 0 radical (unpaired) electrons. The maximum atomic E-state index is 12.0. The van der Waals surface area contributed by atoms with Gasteiger partial charge in [-0.05, 0) is 37.6 Å². The molecule has 1 aliphatic rings. The van der Waals surface area contributed by atoms with Crippen LogP contribution in [0, 0.1) is 0 Å². The molecule has 104 valence electrons. The zero-order chi connectivity index (χ0) is 13.7. The summed E-state index contributed by atoms with van der Waals surface area (Å²) in [5.74, 6) is 0. The van der Waals surface area contributed by atoms with Crippen LogP contribution in [-0.2, 0) is 0 Å². The Labute approximate surface area is 119 Å². The SMILES string of the molecule is CN(CC1CCCCN1)C(=O)Nc1cccc(Cl)c1. The Kier molecular flexibility index (Phi) is 5.05. The highest BCUT2D eigenvalue weighted by Crippen LogP contribution is 2.15. The number of carbonyl (C=O) groups is 1. The first-order valence-electron chi connectivity index (χ1n) is 6.66. The smallest absolute Gasteiger partial charge is 0.321 e. The molecular formula is C14H20ClN3O. The van der Waals surface area contributed by atoms with Crippen LogP contribution in [0.5, 0.6) is 0 Å². The lowest BCUT2D eigenvalue weighted by molar-refractivity contribution is 0.212. The highest BCUT2D eigenvalue weighted by atomic mass is 35.5. The summed E-state index contributed by atoms with van der Waals surface area (Å²) in [6.07, 6.45) is 3.60. The number of hydrogen-bond donors (Lipinski definition) is 2. The van der Waals surface area contributed by atoms with E-state index >= 15 is 0 Å². The summed E-state index contributed by atoms with van der Waals surface area (Å²) < 4.78 is 0. The molecule has 0 saturated carbocycles. The average molecular weight is 282 g/mol. The lowest BCUT2D eigenvalue weighted by atomic mass is 10.0. The number of carbonyl (C=O) groups excluding carboxylic acids is 1. The van der Waals surface area contributed by atoms with Crippen LogP contribution in [0.25, 0.3) is 0 Å². The zero-order valence-corrected chi connectivity index (χ0v) is 11.9. The molecule has 1 aromatic rings. The molecule has 0 spiro atoms. The van der Waals surface area contributed by atoms with Gasteiger partial charge in [-0.2, -0.15) is 0 Å². The second-order valence-corrected chi connectivity index (χ2v) is 5.40.